The van der Waals surface area contributed by atoms with Crippen LogP contribution in [0.5, 0.6) is 0 Å². The van der Waals surface area contributed by atoms with Crippen molar-refractivity contribution in [2.24, 2.45) is 0 Å². The fraction of sp³-hybridized carbons (Fsp3) is 0.400. The average Bonchev–Trinajstić information content (AvgIpc) is 2.87. The van der Waals surface area contributed by atoms with Gasteiger partial charge in [-0.3, -0.25) is 4.98 Å². The number of hydrogen-bond donors (Lipinski definition) is 1. The van der Waals surface area contributed by atoms with Gasteiger partial charge in [-0.2, -0.15) is 0 Å². The highest BCUT2D eigenvalue weighted by molar-refractivity contribution is 7.09. The molecule has 0 aliphatic rings. The van der Waals surface area contributed by atoms with Crippen LogP contribution in [0.4, 0.5) is 5.95 Å². The van der Waals surface area contributed by atoms with Crippen molar-refractivity contribution in [3.63, 3.8) is 0 Å². The van der Waals surface area contributed by atoms with E-state index >= 15 is 0 Å². The molecule has 0 spiro atoms. The van der Waals surface area contributed by atoms with Crippen LogP contribution < -0.4 is 5.32 Å². The van der Waals surface area contributed by atoms with E-state index in [0.717, 1.165) is 25.5 Å². The van der Waals surface area contributed by atoms with E-state index in [4.69, 9.17) is 0 Å². The Balaban J connectivity index is 2.04. The Morgan fingerprint density at radius 2 is 2.47 bits per heavy atom. The molecule has 2 aromatic rings. The number of thiazole rings is 1. The van der Waals surface area contributed by atoms with E-state index < -0.39 is 0 Å². The maximum Gasteiger partial charge on any atom is 0.203 e. The van der Waals surface area contributed by atoms with Gasteiger partial charge in [0, 0.05) is 30.0 Å². The van der Waals surface area contributed by atoms with Crippen LogP contribution in [0.15, 0.2) is 24.1 Å². The number of imidazole rings is 1. The number of nitrogens with one attached hydrogen (secondary N) is 1. The van der Waals surface area contributed by atoms with Crippen molar-refractivity contribution in [3.8, 4) is 0 Å². The smallest absolute Gasteiger partial charge is 0.203 e. The Hall–Kier alpha value is -1.36. The molecule has 0 unspecified atom stereocenters. The third-order valence-corrected chi connectivity index (χ3v) is 2.82. The molecule has 2 rings (SSSR count). The fourth-order valence-corrected chi connectivity index (χ4v) is 1.92. The number of hydrogen-bond acceptors (Lipinski definition) is 4. The molecule has 2 heterocycles. The zero-order valence-electron chi connectivity index (χ0n) is 8.68. The second-order valence-electron chi connectivity index (χ2n) is 3.27. The van der Waals surface area contributed by atoms with Gasteiger partial charge in [-0.1, -0.05) is 6.92 Å². The van der Waals surface area contributed by atoms with Crippen molar-refractivity contribution >= 4 is 17.3 Å². The van der Waals surface area contributed by atoms with Gasteiger partial charge in [0.1, 0.15) is 0 Å². The zero-order valence-corrected chi connectivity index (χ0v) is 9.50. The lowest BCUT2D eigenvalue weighted by molar-refractivity contribution is 0.802. The first-order valence-corrected chi connectivity index (χ1v) is 5.90. The lowest BCUT2D eigenvalue weighted by Crippen LogP contribution is -2.08. The normalized spacial score (nSPS) is 10.5. The van der Waals surface area contributed by atoms with Gasteiger partial charge in [-0.05, 0) is 6.42 Å². The van der Waals surface area contributed by atoms with E-state index in [9.17, 15) is 0 Å². The molecule has 80 valence electrons. The molecule has 0 radical (unpaired) electrons. The summed E-state index contributed by atoms with van der Waals surface area (Å²) in [4.78, 5) is 9.57. The molecule has 0 atom stereocenters. The van der Waals surface area contributed by atoms with Crippen molar-refractivity contribution in [2.45, 2.75) is 19.9 Å². The number of aromatic nitrogens is 3. The minimum atomic E-state index is 0.844. The Labute approximate surface area is 93.0 Å². The summed E-state index contributed by atoms with van der Waals surface area (Å²) in [6.07, 6.45) is 6.80. The summed E-state index contributed by atoms with van der Waals surface area (Å²) in [5.74, 6) is 0.935. The first-order valence-electron chi connectivity index (χ1n) is 5.02. The zero-order chi connectivity index (χ0) is 10.5. The lowest BCUT2D eigenvalue weighted by Gasteiger charge is -2.07. The molecule has 0 amide bonds. The summed E-state index contributed by atoms with van der Waals surface area (Å²) >= 11 is 1.67. The maximum atomic E-state index is 4.27. The highest BCUT2D eigenvalue weighted by atomic mass is 32.1. The monoisotopic (exact) mass is 222 g/mol. The second-order valence-corrected chi connectivity index (χ2v) is 4.24. The molecular weight excluding hydrogens is 208 g/mol. The van der Waals surface area contributed by atoms with Gasteiger partial charge in [0.15, 0.2) is 0 Å². The molecule has 0 saturated heterocycles. The van der Waals surface area contributed by atoms with Crippen LogP contribution in [0, 0.1) is 0 Å². The van der Waals surface area contributed by atoms with Crippen molar-refractivity contribution in [1.82, 2.24) is 14.5 Å². The van der Waals surface area contributed by atoms with Gasteiger partial charge in [0.05, 0.1) is 12.1 Å². The summed E-state index contributed by atoms with van der Waals surface area (Å²) in [6, 6.07) is 0. The molecule has 4 nitrogen and oxygen atoms in total. The first kappa shape index (κ1) is 10.2. The first-order chi connectivity index (χ1) is 7.40. The van der Waals surface area contributed by atoms with E-state index in [0.29, 0.717) is 0 Å². The standard InChI is InChI=1S/C10H14N4S/c1-2-3-12-10-13-4-5-14(10)7-9-6-11-8-15-9/h4-6,8H,2-3,7H2,1H3,(H,12,13). The molecule has 15 heavy (non-hydrogen) atoms. The highest BCUT2D eigenvalue weighted by Crippen LogP contribution is 2.12. The van der Waals surface area contributed by atoms with Crippen LogP contribution in [0.25, 0.3) is 0 Å². The number of anilines is 1. The Morgan fingerprint density at radius 3 is 3.20 bits per heavy atom. The van der Waals surface area contributed by atoms with Crippen molar-refractivity contribution in [2.75, 3.05) is 11.9 Å². The molecule has 2 aromatic heterocycles. The fourth-order valence-electron chi connectivity index (χ4n) is 1.33. The van der Waals surface area contributed by atoms with Crippen LogP contribution in [-0.4, -0.2) is 21.1 Å². The minimum absolute atomic E-state index is 0.844. The van der Waals surface area contributed by atoms with Crippen molar-refractivity contribution in [1.29, 1.82) is 0 Å². The van der Waals surface area contributed by atoms with Crippen molar-refractivity contribution in [3.05, 3.63) is 29.0 Å². The quantitative estimate of drug-likeness (QED) is 0.843. The number of rotatable bonds is 5. The van der Waals surface area contributed by atoms with E-state index in [1.165, 1.54) is 4.88 Å². The van der Waals surface area contributed by atoms with Gasteiger partial charge < -0.3 is 9.88 Å². The van der Waals surface area contributed by atoms with Gasteiger partial charge >= 0.3 is 0 Å². The molecular formula is C10H14N4S. The van der Waals surface area contributed by atoms with Crippen LogP contribution in [0.2, 0.25) is 0 Å². The molecule has 0 aliphatic heterocycles. The van der Waals surface area contributed by atoms with Crippen LogP contribution in [0.3, 0.4) is 0 Å². The molecule has 0 aromatic carbocycles. The lowest BCUT2D eigenvalue weighted by atomic mass is 10.5. The van der Waals surface area contributed by atoms with Gasteiger partial charge in [0.2, 0.25) is 5.95 Å². The summed E-state index contributed by atoms with van der Waals surface area (Å²) in [6.45, 7) is 3.94. The largest absolute Gasteiger partial charge is 0.356 e. The molecule has 5 heteroatoms. The van der Waals surface area contributed by atoms with Crippen LogP contribution >= 0.6 is 11.3 Å². The van der Waals surface area contributed by atoms with Gasteiger partial charge in [-0.25, -0.2) is 4.98 Å². The average molecular weight is 222 g/mol. The predicted octanol–water partition coefficient (Wildman–Crippen LogP) is 2.21. The summed E-state index contributed by atoms with van der Waals surface area (Å²) in [5, 5.41) is 3.29. The Morgan fingerprint density at radius 1 is 1.53 bits per heavy atom. The molecule has 0 saturated carbocycles. The molecule has 1 N–H and O–H groups in total. The predicted molar refractivity (Wildman–Crippen MR) is 62.2 cm³/mol. The summed E-state index contributed by atoms with van der Waals surface area (Å²) in [5.41, 5.74) is 1.85. The highest BCUT2D eigenvalue weighted by Gasteiger charge is 2.02. The topological polar surface area (TPSA) is 42.7 Å². The summed E-state index contributed by atoms with van der Waals surface area (Å²) < 4.78 is 2.10. The molecule has 0 bridgehead atoms. The summed E-state index contributed by atoms with van der Waals surface area (Å²) in [7, 11) is 0. The van der Waals surface area contributed by atoms with E-state index in [1.54, 1.807) is 11.3 Å². The maximum absolute atomic E-state index is 4.27. The van der Waals surface area contributed by atoms with Gasteiger partial charge in [0.25, 0.3) is 0 Å². The molecule has 0 aliphatic carbocycles. The SMILES string of the molecule is CCCNc1nccn1Cc1cncs1. The molecule has 0 fully saturated rings. The number of nitrogens with zero attached hydrogens (tertiary/aromatic N) is 3. The minimum Gasteiger partial charge on any atom is -0.356 e. The van der Waals surface area contributed by atoms with Gasteiger partial charge in [-0.15, -0.1) is 11.3 Å². The second kappa shape index (κ2) is 4.93. The van der Waals surface area contributed by atoms with Crippen LogP contribution in [-0.2, 0) is 6.54 Å². The van der Waals surface area contributed by atoms with Crippen molar-refractivity contribution < 1.29 is 0 Å². The third kappa shape index (κ3) is 2.56. The third-order valence-electron chi connectivity index (χ3n) is 2.06. The van der Waals surface area contributed by atoms with E-state index in [1.807, 2.05) is 24.1 Å². The Kier molecular flexibility index (Phi) is 3.34. The Bertz CT molecular complexity index is 393. The van der Waals surface area contributed by atoms with E-state index in [2.05, 4.69) is 26.8 Å². The van der Waals surface area contributed by atoms with E-state index in [-0.39, 0.29) is 0 Å². The van der Waals surface area contributed by atoms with Crippen LogP contribution in [0.1, 0.15) is 18.2 Å².